The highest BCUT2D eigenvalue weighted by atomic mass is 19.2. The van der Waals surface area contributed by atoms with Gasteiger partial charge in [-0.05, 0) is 38.4 Å². The van der Waals surface area contributed by atoms with Crippen molar-refractivity contribution in [2.24, 2.45) is 0 Å². The number of fused-ring (bicyclic) bond motifs is 1. The summed E-state index contributed by atoms with van der Waals surface area (Å²) in [7, 11) is 0. The van der Waals surface area contributed by atoms with Crippen LogP contribution in [-0.2, 0) is 0 Å². The summed E-state index contributed by atoms with van der Waals surface area (Å²) in [6.45, 7) is 4.75. The molecule has 0 amide bonds. The van der Waals surface area contributed by atoms with Gasteiger partial charge in [0.15, 0.2) is 11.6 Å². The summed E-state index contributed by atoms with van der Waals surface area (Å²) in [5.41, 5.74) is 0.0458. The third kappa shape index (κ3) is 2.49. The first kappa shape index (κ1) is 14.3. The van der Waals surface area contributed by atoms with Gasteiger partial charge < -0.3 is 4.90 Å². The lowest BCUT2D eigenvalue weighted by Crippen LogP contribution is -2.59. The van der Waals surface area contributed by atoms with Gasteiger partial charge in [0.05, 0.1) is 11.3 Å². The van der Waals surface area contributed by atoms with E-state index in [1.807, 2.05) is 11.8 Å². The Morgan fingerprint density at radius 1 is 1.19 bits per heavy atom. The molecule has 2 atom stereocenters. The van der Waals surface area contributed by atoms with Crippen molar-refractivity contribution in [1.29, 1.82) is 5.26 Å². The van der Waals surface area contributed by atoms with Gasteiger partial charge in [-0.1, -0.05) is 6.42 Å². The van der Waals surface area contributed by atoms with Gasteiger partial charge in [0, 0.05) is 25.2 Å². The van der Waals surface area contributed by atoms with Crippen molar-refractivity contribution in [3.05, 3.63) is 29.3 Å². The van der Waals surface area contributed by atoms with Gasteiger partial charge in [-0.3, -0.25) is 4.90 Å². The van der Waals surface area contributed by atoms with Crippen molar-refractivity contribution in [1.82, 2.24) is 4.90 Å². The molecular formula is C16H19F2N3. The predicted octanol–water partition coefficient (Wildman–Crippen LogP) is 2.90. The number of nitrogens with zero attached hydrogens (tertiary/aromatic N) is 3. The zero-order valence-corrected chi connectivity index (χ0v) is 12.1. The van der Waals surface area contributed by atoms with E-state index in [9.17, 15) is 8.78 Å². The predicted molar refractivity (Wildman–Crippen MR) is 77.1 cm³/mol. The average Bonchev–Trinajstić information content (AvgIpc) is 2.49. The Labute approximate surface area is 123 Å². The van der Waals surface area contributed by atoms with Crippen molar-refractivity contribution in [2.45, 2.75) is 38.3 Å². The summed E-state index contributed by atoms with van der Waals surface area (Å²) in [5, 5.41) is 8.77. The lowest BCUT2D eigenvalue weighted by Gasteiger charge is -2.48. The molecule has 2 unspecified atom stereocenters. The molecule has 5 heteroatoms. The first-order valence-electron chi connectivity index (χ1n) is 7.50. The van der Waals surface area contributed by atoms with Crippen LogP contribution in [-0.4, -0.2) is 36.6 Å². The van der Waals surface area contributed by atoms with Gasteiger partial charge in [-0.15, -0.1) is 0 Å². The SMILES string of the molecule is CC1CN2CCCCC2CN1c1ccc(C#N)c(F)c1F. The molecule has 0 bridgehead atoms. The minimum absolute atomic E-state index is 0.140. The number of anilines is 1. The Balaban J connectivity index is 1.90. The van der Waals surface area contributed by atoms with E-state index in [4.69, 9.17) is 5.26 Å². The van der Waals surface area contributed by atoms with Gasteiger partial charge in [0.1, 0.15) is 6.07 Å². The topological polar surface area (TPSA) is 30.3 Å². The highest BCUT2D eigenvalue weighted by Gasteiger charge is 2.34. The normalized spacial score (nSPS) is 26.3. The molecule has 0 aliphatic carbocycles. The van der Waals surface area contributed by atoms with E-state index in [1.165, 1.54) is 25.0 Å². The van der Waals surface area contributed by atoms with Crippen LogP contribution in [0, 0.1) is 23.0 Å². The Bertz CT molecular complexity index is 582. The van der Waals surface area contributed by atoms with Crippen LogP contribution in [0.3, 0.4) is 0 Å². The van der Waals surface area contributed by atoms with Crippen LogP contribution in [0.5, 0.6) is 0 Å². The van der Waals surface area contributed by atoms with Gasteiger partial charge in [-0.25, -0.2) is 8.78 Å². The molecule has 2 aliphatic rings. The number of hydrogen-bond acceptors (Lipinski definition) is 3. The second-order valence-corrected chi connectivity index (χ2v) is 6.02. The van der Waals surface area contributed by atoms with E-state index in [2.05, 4.69) is 4.90 Å². The van der Waals surface area contributed by atoms with Crippen molar-refractivity contribution in [2.75, 3.05) is 24.5 Å². The minimum atomic E-state index is -1.03. The molecule has 2 fully saturated rings. The Morgan fingerprint density at radius 2 is 2.00 bits per heavy atom. The Kier molecular flexibility index (Phi) is 3.81. The zero-order chi connectivity index (χ0) is 15.0. The fourth-order valence-corrected chi connectivity index (χ4v) is 3.54. The number of nitriles is 1. The van der Waals surface area contributed by atoms with E-state index in [-0.39, 0.29) is 17.3 Å². The summed E-state index contributed by atoms with van der Waals surface area (Å²) in [4.78, 5) is 4.41. The molecule has 3 nitrogen and oxygen atoms in total. The van der Waals surface area contributed by atoms with E-state index in [1.54, 1.807) is 6.07 Å². The summed E-state index contributed by atoms with van der Waals surface area (Å²) >= 11 is 0. The van der Waals surface area contributed by atoms with Crippen LogP contribution >= 0.6 is 0 Å². The van der Waals surface area contributed by atoms with Crippen molar-refractivity contribution in [3.63, 3.8) is 0 Å². The van der Waals surface area contributed by atoms with E-state index in [0.717, 1.165) is 26.1 Å². The molecule has 2 saturated heterocycles. The maximum absolute atomic E-state index is 14.2. The minimum Gasteiger partial charge on any atom is -0.364 e. The number of hydrogen-bond donors (Lipinski definition) is 0. The molecule has 21 heavy (non-hydrogen) atoms. The summed E-state index contributed by atoms with van der Waals surface area (Å²) in [5.74, 6) is -1.93. The molecule has 0 spiro atoms. The lowest BCUT2D eigenvalue weighted by atomic mass is 9.96. The van der Waals surface area contributed by atoms with Gasteiger partial charge in [0.2, 0.25) is 0 Å². The number of rotatable bonds is 1. The number of benzene rings is 1. The monoisotopic (exact) mass is 291 g/mol. The second kappa shape index (κ2) is 5.61. The van der Waals surface area contributed by atoms with Crippen LogP contribution in [0.4, 0.5) is 14.5 Å². The molecule has 2 aliphatic heterocycles. The molecule has 112 valence electrons. The molecule has 1 aromatic rings. The van der Waals surface area contributed by atoms with E-state index < -0.39 is 11.6 Å². The fourth-order valence-electron chi connectivity index (χ4n) is 3.54. The van der Waals surface area contributed by atoms with Crippen LogP contribution in [0.2, 0.25) is 0 Å². The highest BCUT2D eigenvalue weighted by molar-refractivity contribution is 5.53. The molecule has 0 saturated carbocycles. The zero-order valence-electron chi connectivity index (χ0n) is 12.1. The van der Waals surface area contributed by atoms with Crippen molar-refractivity contribution in [3.8, 4) is 6.07 Å². The second-order valence-electron chi connectivity index (χ2n) is 6.02. The summed E-state index contributed by atoms with van der Waals surface area (Å²) in [6.07, 6.45) is 3.54. The third-order valence-corrected chi connectivity index (χ3v) is 4.68. The van der Waals surface area contributed by atoms with Crippen LogP contribution in [0.25, 0.3) is 0 Å². The molecule has 3 rings (SSSR count). The Morgan fingerprint density at radius 3 is 2.76 bits per heavy atom. The van der Waals surface area contributed by atoms with Crippen molar-refractivity contribution < 1.29 is 8.78 Å². The molecule has 2 heterocycles. The smallest absolute Gasteiger partial charge is 0.183 e. The maximum atomic E-state index is 14.2. The highest BCUT2D eigenvalue weighted by Crippen LogP contribution is 2.31. The van der Waals surface area contributed by atoms with Crippen LogP contribution < -0.4 is 4.90 Å². The van der Waals surface area contributed by atoms with Crippen LogP contribution in [0.1, 0.15) is 31.7 Å². The first-order chi connectivity index (χ1) is 10.1. The average molecular weight is 291 g/mol. The Hall–Kier alpha value is -1.67. The van der Waals surface area contributed by atoms with Gasteiger partial charge >= 0.3 is 0 Å². The van der Waals surface area contributed by atoms with E-state index >= 15 is 0 Å². The number of halogens is 2. The molecule has 0 N–H and O–H groups in total. The van der Waals surface area contributed by atoms with Gasteiger partial charge in [0.25, 0.3) is 0 Å². The quantitative estimate of drug-likeness (QED) is 0.797. The van der Waals surface area contributed by atoms with Crippen molar-refractivity contribution >= 4 is 5.69 Å². The molecule has 0 radical (unpaired) electrons. The molecular weight excluding hydrogens is 272 g/mol. The fraction of sp³-hybridized carbons (Fsp3) is 0.562. The van der Waals surface area contributed by atoms with Gasteiger partial charge in [-0.2, -0.15) is 5.26 Å². The molecule has 1 aromatic carbocycles. The van der Waals surface area contributed by atoms with E-state index in [0.29, 0.717) is 6.04 Å². The standard InChI is InChI=1S/C16H19F2N3/c1-11-9-20-7-3-2-4-13(20)10-21(11)14-6-5-12(8-19)15(17)16(14)18/h5-6,11,13H,2-4,7,9-10H2,1H3. The molecule has 0 aromatic heterocycles. The largest absolute Gasteiger partial charge is 0.364 e. The first-order valence-corrected chi connectivity index (χ1v) is 7.50. The summed E-state index contributed by atoms with van der Waals surface area (Å²) < 4.78 is 28.1. The van der Waals surface area contributed by atoms with Crippen LogP contribution in [0.15, 0.2) is 12.1 Å². The summed E-state index contributed by atoms with van der Waals surface area (Å²) in [6, 6.07) is 5.15. The number of piperidine rings is 1. The maximum Gasteiger partial charge on any atom is 0.183 e. The third-order valence-electron chi connectivity index (χ3n) is 4.68. The number of piperazine rings is 1. The lowest BCUT2D eigenvalue weighted by molar-refractivity contribution is 0.115.